The fourth-order valence-electron chi connectivity index (χ4n) is 3.17. The first-order chi connectivity index (χ1) is 12.5. The third-order valence-corrected chi connectivity index (χ3v) is 4.79. The largest absolute Gasteiger partial charge is 0.334 e. The van der Waals surface area contributed by atoms with E-state index in [2.05, 4.69) is 10.1 Å². The zero-order valence-corrected chi connectivity index (χ0v) is 14.7. The maximum absolute atomic E-state index is 13.0. The number of hydrogen-bond donors (Lipinski definition) is 0. The van der Waals surface area contributed by atoms with Gasteiger partial charge in [0.05, 0.1) is 10.7 Å². The Bertz CT molecular complexity index is 951. The van der Waals surface area contributed by atoms with E-state index >= 15 is 0 Å². The van der Waals surface area contributed by atoms with Crippen LogP contribution in [0.4, 0.5) is 10.1 Å². The van der Waals surface area contributed by atoms with Crippen molar-refractivity contribution in [3.05, 3.63) is 64.7 Å². The van der Waals surface area contributed by atoms with E-state index in [4.69, 9.17) is 16.1 Å². The number of carbonyl (C=O) groups excluding carboxylic acids is 1. The Balaban J connectivity index is 1.59. The van der Waals surface area contributed by atoms with Crippen LogP contribution in [0.2, 0.25) is 5.02 Å². The molecule has 1 aliphatic heterocycles. The van der Waals surface area contributed by atoms with Crippen LogP contribution in [0.3, 0.4) is 0 Å². The van der Waals surface area contributed by atoms with Crippen molar-refractivity contribution in [3.63, 3.8) is 0 Å². The molecule has 0 radical (unpaired) electrons. The van der Waals surface area contributed by atoms with E-state index in [1.807, 2.05) is 19.1 Å². The van der Waals surface area contributed by atoms with Crippen molar-refractivity contribution >= 4 is 23.2 Å². The quantitative estimate of drug-likeness (QED) is 0.686. The van der Waals surface area contributed by atoms with Crippen LogP contribution < -0.4 is 4.90 Å². The number of carbonyl (C=O) groups is 1. The molecule has 132 valence electrons. The van der Waals surface area contributed by atoms with E-state index in [9.17, 15) is 9.18 Å². The van der Waals surface area contributed by atoms with E-state index in [1.54, 1.807) is 23.1 Å². The molecule has 4 rings (SSSR count). The van der Waals surface area contributed by atoms with Crippen molar-refractivity contribution in [1.82, 2.24) is 10.1 Å². The summed E-state index contributed by atoms with van der Waals surface area (Å²) >= 11 is 6.29. The van der Waals surface area contributed by atoms with Gasteiger partial charge in [-0.05, 0) is 42.8 Å². The number of amides is 1. The number of aryl methyl sites for hydroxylation is 1. The number of nitrogens with zero attached hydrogens (tertiary/aromatic N) is 3. The Hall–Kier alpha value is -2.73. The molecule has 7 heteroatoms. The van der Waals surface area contributed by atoms with Gasteiger partial charge < -0.3 is 9.42 Å². The van der Waals surface area contributed by atoms with Crippen molar-refractivity contribution < 1.29 is 13.7 Å². The average molecular weight is 372 g/mol. The van der Waals surface area contributed by atoms with E-state index in [1.165, 1.54) is 12.1 Å². The summed E-state index contributed by atoms with van der Waals surface area (Å²) in [6.07, 6.45) is 0.285. The number of benzene rings is 2. The van der Waals surface area contributed by atoms with Gasteiger partial charge in [0.2, 0.25) is 5.91 Å². The first-order valence-electron chi connectivity index (χ1n) is 8.18. The minimum Gasteiger partial charge on any atom is -0.334 e. The van der Waals surface area contributed by atoms with Crippen molar-refractivity contribution in [2.45, 2.75) is 19.3 Å². The van der Waals surface area contributed by atoms with Gasteiger partial charge in [-0.3, -0.25) is 4.79 Å². The number of rotatable bonds is 3. The smallest absolute Gasteiger partial charge is 0.257 e. The zero-order chi connectivity index (χ0) is 18.3. The summed E-state index contributed by atoms with van der Waals surface area (Å²) in [7, 11) is 0. The summed E-state index contributed by atoms with van der Waals surface area (Å²) in [5, 5.41) is 4.55. The lowest BCUT2D eigenvalue weighted by Gasteiger charge is -2.20. The Morgan fingerprint density at radius 2 is 2.00 bits per heavy atom. The lowest BCUT2D eigenvalue weighted by atomic mass is 10.1. The summed E-state index contributed by atoms with van der Waals surface area (Å²) in [4.78, 5) is 18.6. The number of hydrogen-bond acceptors (Lipinski definition) is 4. The lowest BCUT2D eigenvalue weighted by molar-refractivity contribution is -0.117. The van der Waals surface area contributed by atoms with E-state index in [-0.39, 0.29) is 24.1 Å². The second-order valence-electron chi connectivity index (χ2n) is 6.28. The molecule has 1 fully saturated rings. The van der Waals surface area contributed by atoms with Crippen molar-refractivity contribution in [1.29, 1.82) is 0 Å². The van der Waals surface area contributed by atoms with Crippen LogP contribution in [-0.4, -0.2) is 22.6 Å². The standard InChI is InChI=1S/C19H15ClFN3O2/c1-11-3-2-4-15(20)17(11)24-10-13(9-16(24)25)18-22-19(26-23-18)12-5-7-14(21)8-6-12/h2-8,13H,9-10H2,1H3. The first kappa shape index (κ1) is 16.7. The predicted octanol–water partition coefficient (Wildman–Crippen LogP) is 4.36. The summed E-state index contributed by atoms with van der Waals surface area (Å²) in [6, 6.07) is 11.4. The molecular weight excluding hydrogens is 357 g/mol. The van der Waals surface area contributed by atoms with E-state index < -0.39 is 0 Å². The molecule has 0 N–H and O–H groups in total. The number of para-hydroxylation sites is 1. The second kappa shape index (κ2) is 6.53. The van der Waals surface area contributed by atoms with E-state index in [0.29, 0.717) is 28.8 Å². The van der Waals surface area contributed by atoms with Gasteiger partial charge in [0.1, 0.15) is 5.82 Å². The summed E-state index contributed by atoms with van der Waals surface area (Å²) in [5.74, 6) is 0.223. The molecule has 5 nitrogen and oxygen atoms in total. The Labute approximate surface area is 154 Å². The topological polar surface area (TPSA) is 59.2 Å². The molecule has 26 heavy (non-hydrogen) atoms. The molecule has 1 unspecified atom stereocenters. The molecule has 1 aliphatic rings. The highest BCUT2D eigenvalue weighted by atomic mass is 35.5. The van der Waals surface area contributed by atoms with Gasteiger partial charge in [-0.1, -0.05) is 28.9 Å². The monoisotopic (exact) mass is 371 g/mol. The summed E-state index contributed by atoms with van der Waals surface area (Å²) < 4.78 is 18.3. The van der Waals surface area contributed by atoms with Crippen LogP contribution in [0.5, 0.6) is 0 Å². The molecule has 2 heterocycles. The highest BCUT2D eigenvalue weighted by Gasteiger charge is 2.36. The third-order valence-electron chi connectivity index (χ3n) is 4.48. The Morgan fingerprint density at radius 3 is 2.73 bits per heavy atom. The van der Waals surface area contributed by atoms with Gasteiger partial charge in [0, 0.05) is 24.4 Å². The SMILES string of the molecule is Cc1cccc(Cl)c1N1CC(c2noc(-c3ccc(F)cc3)n2)CC1=O. The first-order valence-corrected chi connectivity index (χ1v) is 8.56. The fraction of sp³-hybridized carbons (Fsp3) is 0.211. The third kappa shape index (κ3) is 2.97. The van der Waals surface area contributed by atoms with Crippen LogP contribution in [0.15, 0.2) is 47.0 Å². The lowest BCUT2D eigenvalue weighted by Crippen LogP contribution is -2.25. The summed E-state index contributed by atoms with van der Waals surface area (Å²) in [6.45, 7) is 2.36. The maximum Gasteiger partial charge on any atom is 0.257 e. The molecule has 1 atom stereocenters. The molecular formula is C19H15ClFN3O2. The van der Waals surface area contributed by atoms with Gasteiger partial charge in [-0.2, -0.15) is 4.98 Å². The molecule has 3 aromatic rings. The van der Waals surface area contributed by atoms with Crippen molar-refractivity contribution in [2.24, 2.45) is 0 Å². The van der Waals surface area contributed by atoms with Gasteiger partial charge in [-0.25, -0.2) is 4.39 Å². The fourth-order valence-corrected chi connectivity index (χ4v) is 3.50. The van der Waals surface area contributed by atoms with Crippen molar-refractivity contribution in [2.75, 3.05) is 11.4 Å². The minimum atomic E-state index is -0.333. The Morgan fingerprint density at radius 1 is 1.23 bits per heavy atom. The normalized spacial score (nSPS) is 17.1. The minimum absolute atomic E-state index is 0.0284. The molecule has 0 bridgehead atoms. The van der Waals surface area contributed by atoms with Crippen LogP contribution >= 0.6 is 11.6 Å². The molecule has 1 saturated heterocycles. The zero-order valence-electron chi connectivity index (χ0n) is 13.9. The van der Waals surface area contributed by atoms with Gasteiger partial charge in [-0.15, -0.1) is 0 Å². The van der Waals surface area contributed by atoms with E-state index in [0.717, 1.165) is 11.3 Å². The molecule has 1 amide bonds. The number of anilines is 1. The predicted molar refractivity (Wildman–Crippen MR) is 95.6 cm³/mol. The van der Waals surface area contributed by atoms with Crippen LogP contribution in [0.1, 0.15) is 23.7 Å². The number of aromatic nitrogens is 2. The van der Waals surface area contributed by atoms with Crippen LogP contribution in [-0.2, 0) is 4.79 Å². The highest BCUT2D eigenvalue weighted by Crippen LogP contribution is 2.36. The molecule has 0 saturated carbocycles. The van der Waals surface area contributed by atoms with Crippen molar-refractivity contribution in [3.8, 4) is 11.5 Å². The maximum atomic E-state index is 13.0. The van der Waals surface area contributed by atoms with Gasteiger partial charge in [0.25, 0.3) is 5.89 Å². The van der Waals surface area contributed by atoms with Gasteiger partial charge >= 0.3 is 0 Å². The van der Waals surface area contributed by atoms with Gasteiger partial charge in [0.15, 0.2) is 5.82 Å². The van der Waals surface area contributed by atoms with Crippen LogP contribution in [0.25, 0.3) is 11.5 Å². The highest BCUT2D eigenvalue weighted by molar-refractivity contribution is 6.34. The summed E-state index contributed by atoms with van der Waals surface area (Å²) in [5.41, 5.74) is 2.30. The average Bonchev–Trinajstić information content (AvgIpc) is 3.23. The molecule has 1 aromatic heterocycles. The van der Waals surface area contributed by atoms with Crippen LogP contribution in [0, 0.1) is 12.7 Å². The molecule has 0 aliphatic carbocycles. The number of halogens is 2. The second-order valence-corrected chi connectivity index (χ2v) is 6.68. The molecule has 2 aromatic carbocycles. The Kier molecular flexibility index (Phi) is 4.20. The molecule has 0 spiro atoms.